The number of thiophene rings is 1. The summed E-state index contributed by atoms with van der Waals surface area (Å²) >= 11 is 5.11. The zero-order valence-electron chi connectivity index (χ0n) is 11.3. The quantitative estimate of drug-likeness (QED) is 0.800. The summed E-state index contributed by atoms with van der Waals surface area (Å²) in [6.07, 6.45) is -0.516. The van der Waals surface area contributed by atoms with Crippen molar-refractivity contribution in [2.75, 3.05) is 13.2 Å². The zero-order valence-corrected chi connectivity index (χ0v) is 13.7. The van der Waals surface area contributed by atoms with Crippen LogP contribution in [0.1, 0.15) is 10.4 Å². The molecule has 1 aromatic heterocycles. The molecule has 0 aliphatic carbocycles. The van der Waals surface area contributed by atoms with E-state index in [0.717, 1.165) is 22.3 Å². The molecule has 1 unspecified atom stereocenters. The van der Waals surface area contributed by atoms with Crippen LogP contribution in [0.5, 0.6) is 5.75 Å². The first-order chi connectivity index (χ1) is 9.65. The van der Waals surface area contributed by atoms with Crippen molar-refractivity contribution in [2.24, 2.45) is 0 Å². The molecule has 0 amide bonds. The highest BCUT2D eigenvalue weighted by molar-refractivity contribution is 9.10. The third-order valence-electron chi connectivity index (χ3n) is 2.83. The lowest BCUT2D eigenvalue weighted by Gasteiger charge is -2.14. The number of aryl methyl sites for hydroxylation is 1. The van der Waals surface area contributed by atoms with Crippen LogP contribution >= 0.6 is 27.3 Å². The normalized spacial score (nSPS) is 12.3. The topological polar surface area (TPSA) is 41.5 Å². The summed E-state index contributed by atoms with van der Waals surface area (Å²) in [5.41, 5.74) is 1.08. The first kappa shape index (κ1) is 15.5. The summed E-state index contributed by atoms with van der Waals surface area (Å²) in [7, 11) is 0. The zero-order chi connectivity index (χ0) is 14.4. The number of benzene rings is 1. The van der Waals surface area contributed by atoms with E-state index in [1.165, 1.54) is 4.88 Å². The molecule has 1 aromatic carbocycles. The summed E-state index contributed by atoms with van der Waals surface area (Å²) in [5.74, 6) is 0.828. The molecule has 2 aromatic rings. The Kier molecular flexibility index (Phi) is 6.04. The molecule has 1 atom stereocenters. The van der Waals surface area contributed by atoms with Crippen molar-refractivity contribution in [1.29, 1.82) is 0 Å². The molecule has 1 heterocycles. The summed E-state index contributed by atoms with van der Waals surface area (Å²) in [6.45, 7) is 3.57. The van der Waals surface area contributed by atoms with E-state index < -0.39 is 6.10 Å². The van der Waals surface area contributed by atoms with Crippen LogP contribution in [-0.2, 0) is 6.54 Å². The largest absolute Gasteiger partial charge is 0.491 e. The third kappa shape index (κ3) is 4.90. The summed E-state index contributed by atoms with van der Waals surface area (Å²) < 4.78 is 6.71. The minimum absolute atomic E-state index is 0.298. The van der Waals surface area contributed by atoms with Crippen LogP contribution in [0.15, 0.2) is 40.2 Å². The molecule has 0 radical (unpaired) electrons. The van der Waals surface area contributed by atoms with Gasteiger partial charge in [-0.1, -0.05) is 18.2 Å². The summed E-state index contributed by atoms with van der Waals surface area (Å²) in [4.78, 5) is 1.24. The molecule has 3 nitrogen and oxygen atoms in total. The maximum absolute atomic E-state index is 9.89. The van der Waals surface area contributed by atoms with E-state index in [9.17, 15) is 5.11 Å². The second-order valence-corrected chi connectivity index (χ2v) is 6.50. The van der Waals surface area contributed by atoms with Crippen LogP contribution in [0, 0.1) is 6.92 Å². The minimum atomic E-state index is -0.516. The highest BCUT2D eigenvalue weighted by Gasteiger charge is 2.06. The standard InChI is InChI=1S/C15H18BrNO2S/c1-11-4-2-3-5-15(11)19-9-13(18)7-17-8-14-6-12(16)10-20-14/h2-6,10,13,17-18H,7-9H2,1H3. The maximum Gasteiger partial charge on any atom is 0.122 e. The lowest BCUT2D eigenvalue weighted by atomic mass is 10.2. The lowest BCUT2D eigenvalue weighted by molar-refractivity contribution is 0.106. The van der Waals surface area contributed by atoms with Crippen LogP contribution in [-0.4, -0.2) is 24.4 Å². The monoisotopic (exact) mass is 355 g/mol. The molecule has 0 aliphatic heterocycles. The van der Waals surface area contributed by atoms with Crippen molar-refractivity contribution in [3.05, 3.63) is 50.6 Å². The van der Waals surface area contributed by atoms with Crippen molar-refractivity contribution >= 4 is 27.3 Å². The Morgan fingerprint density at radius 1 is 1.40 bits per heavy atom. The number of hydrogen-bond donors (Lipinski definition) is 2. The van der Waals surface area contributed by atoms with E-state index in [1.807, 2.05) is 31.2 Å². The van der Waals surface area contributed by atoms with Gasteiger partial charge in [-0.3, -0.25) is 0 Å². The number of halogens is 1. The van der Waals surface area contributed by atoms with E-state index in [2.05, 4.69) is 32.7 Å². The molecule has 108 valence electrons. The van der Waals surface area contributed by atoms with Crippen molar-refractivity contribution in [3.8, 4) is 5.75 Å². The number of ether oxygens (including phenoxy) is 1. The molecule has 2 rings (SSSR count). The van der Waals surface area contributed by atoms with Crippen LogP contribution in [0.4, 0.5) is 0 Å². The molecule has 2 N–H and O–H groups in total. The van der Waals surface area contributed by atoms with Gasteiger partial charge in [0.05, 0.1) is 0 Å². The van der Waals surface area contributed by atoms with Gasteiger partial charge in [0.25, 0.3) is 0 Å². The SMILES string of the molecule is Cc1ccccc1OCC(O)CNCc1cc(Br)cs1. The highest BCUT2D eigenvalue weighted by atomic mass is 79.9. The maximum atomic E-state index is 9.89. The average molecular weight is 356 g/mol. The predicted octanol–water partition coefficient (Wildman–Crippen LogP) is 3.35. The van der Waals surface area contributed by atoms with Gasteiger partial charge < -0.3 is 15.2 Å². The molecule has 20 heavy (non-hydrogen) atoms. The Bertz CT molecular complexity index is 544. The fraction of sp³-hybridized carbons (Fsp3) is 0.333. The number of rotatable bonds is 7. The molecular formula is C15H18BrNO2S. The molecular weight excluding hydrogens is 338 g/mol. The second-order valence-electron chi connectivity index (χ2n) is 4.59. The van der Waals surface area contributed by atoms with Gasteiger partial charge in [0, 0.05) is 27.8 Å². The second kappa shape index (κ2) is 7.78. The average Bonchev–Trinajstić information content (AvgIpc) is 2.83. The number of para-hydroxylation sites is 1. The Hall–Kier alpha value is -0.880. The number of hydrogen-bond acceptors (Lipinski definition) is 4. The molecule has 0 saturated heterocycles. The number of aliphatic hydroxyl groups is 1. The Balaban J connectivity index is 1.68. The van der Waals surface area contributed by atoms with E-state index >= 15 is 0 Å². The van der Waals surface area contributed by atoms with Crippen LogP contribution in [0.2, 0.25) is 0 Å². The first-order valence-corrected chi connectivity index (χ1v) is 8.12. The Morgan fingerprint density at radius 2 is 2.20 bits per heavy atom. The van der Waals surface area contributed by atoms with Gasteiger partial charge in [-0.2, -0.15) is 0 Å². The highest BCUT2D eigenvalue weighted by Crippen LogP contribution is 2.19. The van der Waals surface area contributed by atoms with E-state index in [-0.39, 0.29) is 0 Å². The fourth-order valence-electron chi connectivity index (χ4n) is 1.77. The van der Waals surface area contributed by atoms with Gasteiger partial charge in [0.2, 0.25) is 0 Å². The minimum Gasteiger partial charge on any atom is -0.491 e. The van der Waals surface area contributed by atoms with Crippen molar-refractivity contribution in [2.45, 2.75) is 19.6 Å². The van der Waals surface area contributed by atoms with E-state index in [0.29, 0.717) is 13.2 Å². The van der Waals surface area contributed by atoms with E-state index in [1.54, 1.807) is 11.3 Å². The fourth-order valence-corrected chi connectivity index (χ4v) is 3.19. The predicted molar refractivity (Wildman–Crippen MR) is 86.4 cm³/mol. The molecule has 0 bridgehead atoms. The third-order valence-corrected chi connectivity index (χ3v) is 4.52. The van der Waals surface area contributed by atoms with Crippen LogP contribution in [0.3, 0.4) is 0 Å². The Morgan fingerprint density at radius 3 is 2.90 bits per heavy atom. The van der Waals surface area contributed by atoms with Crippen LogP contribution < -0.4 is 10.1 Å². The summed E-state index contributed by atoms with van der Waals surface area (Å²) in [5, 5.41) is 15.2. The molecule has 0 saturated carbocycles. The van der Waals surface area contributed by atoms with Crippen molar-refractivity contribution < 1.29 is 9.84 Å². The van der Waals surface area contributed by atoms with Crippen LogP contribution in [0.25, 0.3) is 0 Å². The molecule has 5 heteroatoms. The van der Waals surface area contributed by atoms with Crippen molar-refractivity contribution in [1.82, 2.24) is 5.32 Å². The van der Waals surface area contributed by atoms with Gasteiger partial charge in [0.1, 0.15) is 18.5 Å². The molecule has 0 aliphatic rings. The summed E-state index contributed by atoms with van der Waals surface area (Å²) in [6, 6.07) is 9.89. The Labute approximate surface area is 131 Å². The van der Waals surface area contributed by atoms with Gasteiger partial charge >= 0.3 is 0 Å². The lowest BCUT2D eigenvalue weighted by Crippen LogP contribution is -2.31. The van der Waals surface area contributed by atoms with E-state index in [4.69, 9.17) is 4.74 Å². The molecule has 0 fully saturated rings. The van der Waals surface area contributed by atoms with Crippen molar-refractivity contribution in [3.63, 3.8) is 0 Å². The first-order valence-electron chi connectivity index (χ1n) is 6.45. The number of nitrogens with one attached hydrogen (secondary N) is 1. The van der Waals surface area contributed by atoms with Gasteiger partial charge in [-0.15, -0.1) is 11.3 Å². The number of aliphatic hydroxyl groups excluding tert-OH is 1. The van der Waals surface area contributed by atoms with Gasteiger partial charge in [0.15, 0.2) is 0 Å². The smallest absolute Gasteiger partial charge is 0.122 e. The molecule has 0 spiro atoms. The van der Waals surface area contributed by atoms with Gasteiger partial charge in [-0.25, -0.2) is 0 Å². The van der Waals surface area contributed by atoms with Gasteiger partial charge in [-0.05, 0) is 40.5 Å².